The third-order valence-corrected chi connectivity index (χ3v) is 5.40. The van der Waals surface area contributed by atoms with Crippen LogP contribution in [0.3, 0.4) is 0 Å². The summed E-state index contributed by atoms with van der Waals surface area (Å²) in [5.41, 5.74) is 1.60. The van der Waals surface area contributed by atoms with Crippen molar-refractivity contribution in [2.45, 2.75) is 37.5 Å². The summed E-state index contributed by atoms with van der Waals surface area (Å²) >= 11 is 1.71. The lowest BCUT2D eigenvalue weighted by Crippen LogP contribution is -2.25. The Hall–Kier alpha value is -2.54. The van der Waals surface area contributed by atoms with Gasteiger partial charge in [0.1, 0.15) is 5.75 Å². The van der Waals surface area contributed by atoms with E-state index in [-0.39, 0.29) is 11.6 Å². The second kappa shape index (κ2) is 11.3. The van der Waals surface area contributed by atoms with Crippen molar-refractivity contribution in [1.82, 2.24) is 5.32 Å². The average molecular weight is 403 g/mol. The summed E-state index contributed by atoms with van der Waals surface area (Å²) < 4.78 is 5.40. The second-order valence-electron chi connectivity index (χ2n) is 6.35. The maximum absolute atomic E-state index is 12.5. The maximum Gasteiger partial charge on any atom is 0.269 e. The monoisotopic (exact) mass is 402 g/mol. The van der Waals surface area contributed by atoms with E-state index in [4.69, 9.17) is 4.74 Å². The molecule has 0 saturated heterocycles. The summed E-state index contributed by atoms with van der Waals surface area (Å²) in [5.74, 6) is 1.64. The molecule has 0 spiro atoms. The van der Waals surface area contributed by atoms with Gasteiger partial charge >= 0.3 is 0 Å². The van der Waals surface area contributed by atoms with Gasteiger partial charge in [-0.05, 0) is 42.4 Å². The third kappa shape index (κ3) is 6.56. The molecule has 150 valence electrons. The van der Waals surface area contributed by atoms with Crippen molar-refractivity contribution in [3.63, 3.8) is 0 Å². The number of hydrogen-bond donors (Lipinski definition) is 1. The van der Waals surface area contributed by atoms with E-state index in [1.807, 2.05) is 12.1 Å². The number of rotatable bonds is 11. The highest BCUT2D eigenvalue weighted by atomic mass is 32.2. The molecule has 0 bridgehead atoms. The molecule has 0 aliphatic rings. The first-order valence-electron chi connectivity index (χ1n) is 9.37. The molecule has 1 amide bonds. The van der Waals surface area contributed by atoms with Crippen molar-refractivity contribution >= 4 is 23.4 Å². The van der Waals surface area contributed by atoms with Gasteiger partial charge in [0.15, 0.2) is 0 Å². The van der Waals surface area contributed by atoms with E-state index in [9.17, 15) is 14.9 Å². The van der Waals surface area contributed by atoms with Crippen LogP contribution in [-0.2, 0) is 6.42 Å². The van der Waals surface area contributed by atoms with E-state index in [1.54, 1.807) is 37.1 Å². The average Bonchev–Trinajstić information content (AvgIpc) is 2.71. The van der Waals surface area contributed by atoms with Gasteiger partial charge in [-0.15, -0.1) is 11.8 Å². The third-order valence-electron chi connectivity index (χ3n) is 4.28. The van der Waals surface area contributed by atoms with Crippen LogP contribution in [0.2, 0.25) is 0 Å². The molecule has 0 heterocycles. The number of unbranched alkanes of at least 4 members (excludes halogenated alkanes) is 2. The summed E-state index contributed by atoms with van der Waals surface area (Å²) in [6, 6.07) is 11.8. The molecule has 0 aliphatic carbocycles. The topological polar surface area (TPSA) is 81.5 Å². The zero-order chi connectivity index (χ0) is 20.4. The Bertz CT molecular complexity index is 793. The summed E-state index contributed by atoms with van der Waals surface area (Å²) in [7, 11) is 1.63. The van der Waals surface area contributed by atoms with Crippen molar-refractivity contribution in [3.05, 3.63) is 63.7 Å². The van der Waals surface area contributed by atoms with Crippen molar-refractivity contribution in [1.29, 1.82) is 0 Å². The van der Waals surface area contributed by atoms with E-state index in [0.717, 1.165) is 28.4 Å². The minimum atomic E-state index is -0.424. The van der Waals surface area contributed by atoms with Gasteiger partial charge in [0, 0.05) is 24.2 Å². The van der Waals surface area contributed by atoms with E-state index in [1.165, 1.54) is 25.0 Å². The summed E-state index contributed by atoms with van der Waals surface area (Å²) in [6.45, 7) is 2.63. The SMILES string of the molecule is CCCCCSc1cc(C(=O)NCCc2ccc([N+](=O)[O-])cc2)ccc1OC. The molecular weight excluding hydrogens is 376 g/mol. The van der Waals surface area contributed by atoms with E-state index >= 15 is 0 Å². The van der Waals surface area contributed by atoms with Crippen LogP contribution in [0.15, 0.2) is 47.4 Å². The molecule has 2 aromatic rings. The van der Waals surface area contributed by atoms with Gasteiger partial charge in [-0.25, -0.2) is 0 Å². The van der Waals surface area contributed by atoms with Crippen LogP contribution >= 0.6 is 11.8 Å². The molecule has 28 heavy (non-hydrogen) atoms. The largest absolute Gasteiger partial charge is 0.496 e. The molecule has 0 aromatic heterocycles. The molecule has 0 radical (unpaired) electrons. The smallest absolute Gasteiger partial charge is 0.269 e. The van der Waals surface area contributed by atoms with Crippen LogP contribution in [0.5, 0.6) is 5.75 Å². The number of nitrogens with one attached hydrogen (secondary N) is 1. The number of methoxy groups -OCH3 is 1. The molecule has 0 unspecified atom stereocenters. The Kier molecular flexibility index (Phi) is 8.81. The Morgan fingerprint density at radius 2 is 1.93 bits per heavy atom. The van der Waals surface area contributed by atoms with Crippen molar-refractivity contribution in [2.75, 3.05) is 19.4 Å². The number of thioether (sulfide) groups is 1. The Morgan fingerprint density at radius 3 is 2.57 bits per heavy atom. The van der Waals surface area contributed by atoms with Gasteiger partial charge in [-0.2, -0.15) is 0 Å². The Labute approximate surface area is 169 Å². The number of ether oxygens (including phenoxy) is 1. The molecule has 6 nitrogen and oxygen atoms in total. The van der Waals surface area contributed by atoms with Gasteiger partial charge in [0.25, 0.3) is 11.6 Å². The van der Waals surface area contributed by atoms with Crippen LogP contribution in [0.25, 0.3) is 0 Å². The van der Waals surface area contributed by atoms with Gasteiger partial charge < -0.3 is 10.1 Å². The lowest BCUT2D eigenvalue weighted by atomic mass is 10.1. The Morgan fingerprint density at radius 1 is 1.18 bits per heavy atom. The number of non-ortho nitro benzene ring substituents is 1. The van der Waals surface area contributed by atoms with E-state index in [0.29, 0.717) is 18.5 Å². The minimum absolute atomic E-state index is 0.0648. The number of nitro groups is 1. The molecule has 0 fully saturated rings. The van der Waals surface area contributed by atoms with E-state index in [2.05, 4.69) is 12.2 Å². The second-order valence-corrected chi connectivity index (χ2v) is 7.49. The molecule has 0 aliphatic heterocycles. The first-order valence-corrected chi connectivity index (χ1v) is 10.4. The standard InChI is InChI=1S/C21H26N2O4S/c1-3-4-5-14-28-20-15-17(8-11-19(20)27-2)21(24)22-13-12-16-6-9-18(10-7-16)23(25)26/h6-11,15H,3-5,12-14H2,1-2H3,(H,22,24). The first kappa shape index (κ1) is 21.8. The fourth-order valence-corrected chi connectivity index (χ4v) is 3.74. The van der Waals surface area contributed by atoms with Gasteiger partial charge in [-0.1, -0.05) is 31.9 Å². The molecular formula is C21H26N2O4S. The molecule has 0 saturated carbocycles. The number of nitrogens with zero attached hydrogens (tertiary/aromatic N) is 1. The van der Waals surface area contributed by atoms with E-state index < -0.39 is 4.92 Å². The van der Waals surface area contributed by atoms with Crippen LogP contribution < -0.4 is 10.1 Å². The number of benzene rings is 2. The molecule has 7 heteroatoms. The number of hydrogen-bond acceptors (Lipinski definition) is 5. The highest BCUT2D eigenvalue weighted by Gasteiger charge is 2.11. The first-order chi connectivity index (χ1) is 13.5. The highest BCUT2D eigenvalue weighted by molar-refractivity contribution is 7.99. The highest BCUT2D eigenvalue weighted by Crippen LogP contribution is 2.31. The van der Waals surface area contributed by atoms with Crippen LogP contribution in [0.4, 0.5) is 5.69 Å². The Balaban J connectivity index is 1.91. The molecule has 1 N–H and O–H groups in total. The predicted octanol–water partition coefficient (Wildman–Crippen LogP) is 4.86. The van der Waals surface area contributed by atoms with Crippen LogP contribution in [0, 0.1) is 10.1 Å². The predicted molar refractivity (Wildman–Crippen MR) is 112 cm³/mol. The molecule has 2 rings (SSSR count). The number of carbonyl (C=O) groups excluding carboxylic acids is 1. The minimum Gasteiger partial charge on any atom is -0.496 e. The lowest BCUT2D eigenvalue weighted by Gasteiger charge is -2.11. The van der Waals surface area contributed by atoms with Crippen LogP contribution in [-0.4, -0.2) is 30.2 Å². The summed E-state index contributed by atoms with van der Waals surface area (Å²) in [5, 5.41) is 13.6. The summed E-state index contributed by atoms with van der Waals surface area (Å²) in [4.78, 5) is 23.7. The van der Waals surface area contributed by atoms with Crippen LogP contribution in [0.1, 0.15) is 42.1 Å². The zero-order valence-corrected chi connectivity index (χ0v) is 17.1. The van der Waals surface area contributed by atoms with Crippen molar-refractivity contribution in [2.24, 2.45) is 0 Å². The zero-order valence-electron chi connectivity index (χ0n) is 16.3. The van der Waals surface area contributed by atoms with Gasteiger partial charge in [-0.3, -0.25) is 14.9 Å². The number of amides is 1. The fourth-order valence-electron chi connectivity index (χ4n) is 2.67. The van der Waals surface area contributed by atoms with Crippen molar-refractivity contribution < 1.29 is 14.5 Å². The van der Waals surface area contributed by atoms with Gasteiger partial charge in [0.2, 0.25) is 0 Å². The lowest BCUT2D eigenvalue weighted by molar-refractivity contribution is -0.384. The number of carbonyl (C=O) groups is 1. The maximum atomic E-state index is 12.5. The quantitative estimate of drug-likeness (QED) is 0.251. The normalized spacial score (nSPS) is 10.5. The van der Waals surface area contributed by atoms with Crippen molar-refractivity contribution in [3.8, 4) is 5.75 Å². The molecule has 2 aromatic carbocycles. The molecule has 0 atom stereocenters. The van der Waals surface area contributed by atoms with Gasteiger partial charge in [0.05, 0.1) is 16.9 Å². The fraction of sp³-hybridized carbons (Fsp3) is 0.381. The summed E-state index contributed by atoms with van der Waals surface area (Å²) in [6.07, 6.45) is 4.11. The number of nitro benzene ring substituents is 1.